The van der Waals surface area contributed by atoms with Crippen molar-refractivity contribution in [2.24, 2.45) is 5.14 Å². The first-order valence-electron chi connectivity index (χ1n) is 9.42. The van der Waals surface area contributed by atoms with Gasteiger partial charge in [-0.15, -0.1) is 0 Å². The average molecular weight is 462 g/mol. The number of amides is 1. The highest BCUT2D eigenvalue weighted by Crippen LogP contribution is 2.44. The van der Waals surface area contributed by atoms with Crippen LogP contribution >= 0.6 is 0 Å². The van der Waals surface area contributed by atoms with Gasteiger partial charge in [-0.1, -0.05) is 0 Å². The molecule has 0 spiro atoms. The highest BCUT2D eigenvalue weighted by Gasteiger charge is 2.46. The van der Waals surface area contributed by atoms with Crippen molar-refractivity contribution in [2.75, 3.05) is 25.7 Å². The van der Waals surface area contributed by atoms with Gasteiger partial charge in [0, 0.05) is 17.3 Å². The monoisotopic (exact) mass is 462 g/mol. The maximum absolute atomic E-state index is 13.0. The lowest BCUT2D eigenvalue weighted by Gasteiger charge is -2.28. The van der Waals surface area contributed by atoms with Crippen LogP contribution in [0.1, 0.15) is 18.5 Å². The molecule has 32 heavy (non-hydrogen) atoms. The Morgan fingerprint density at radius 2 is 1.78 bits per heavy atom. The van der Waals surface area contributed by atoms with Crippen LogP contribution in [0.3, 0.4) is 0 Å². The summed E-state index contributed by atoms with van der Waals surface area (Å²) in [4.78, 5) is 26.7. The Bertz CT molecular complexity index is 1190. The molecular formula is C21H22N2O8S. The fourth-order valence-corrected chi connectivity index (χ4v) is 3.94. The smallest absolute Gasteiger partial charge is 0.340 e. The number of methoxy groups -OCH3 is 2. The summed E-state index contributed by atoms with van der Waals surface area (Å²) in [5.74, 6) is -1.74. The molecule has 0 aromatic heterocycles. The molecule has 3 rings (SSSR count). The molecule has 0 fully saturated rings. The number of nitrogens with zero attached hydrogens (tertiary/aromatic N) is 1. The molecule has 10 nitrogen and oxygen atoms in total. The second-order valence-electron chi connectivity index (χ2n) is 6.71. The van der Waals surface area contributed by atoms with Crippen molar-refractivity contribution in [3.8, 4) is 11.5 Å². The fraction of sp³-hybridized carbons (Fsp3) is 0.238. The van der Waals surface area contributed by atoms with Crippen molar-refractivity contribution in [1.29, 1.82) is 0 Å². The normalized spacial score (nSPS) is 16.3. The maximum atomic E-state index is 13.0. The number of nitrogens with two attached hydrogens (primary N) is 1. The second kappa shape index (κ2) is 8.89. The molecule has 1 amide bonds. The molecule has 0 saturated carbocycles. The molecule has 2 aromatic rings. The van der Waals surface area contributed by atoms with E-state index in [0.717, 1.165) is 4.90 Å². The van der Waals surface area contributed by atoms with E-state index in [1.165, 1.54) is 38.5 Å². The zero-order valence-electron chi connectivity index (χ0n) is 17.6. The Morgan fingerprint density at radius 1 is 1.12 bits per heavy atom. The van der Waals surface area contributed by atoms with Gasteiger partial charge < -0.3 is 19.3 Å². The Hall–Kier alpha value is -3.57. The third-order valence-electron chi connectivity index (χ3n) is 4.88. The lowest BCUT2D eigenvalue weighted by Crippen LogP contribution is -2.31. The minimum absolute atomic E-state index is 0.0271. The molecule has 11 heteroatoms. The molecule has 0 unspecified atom stereocenters. The summed E-state index contributed by atoms with van der Waals surface area (Å²) in [6.07, 6.45) is 0. The van der Waals surface area contributed by atoms with E-state index in [-0.39, 0.29) is 22.8 Å². The summed E-state index contributed by atoms with van der Waals surface area (Å²) >= 11 is 0. The van der Waals surface area contributed by atoms with E-state index in [0.29, 0.717) is 17.1 Å². The highest BCUT2D eigenvalue weighted by atomic mass is 32.2. The van der Waals surface area contributed by atoms with E-state index >= 15 is 0 Å². The third kappa shape index (κ3) is 4.12. The minimum Gasteiger partial charge on any atom is -0.503 e. The quantitative estimate of drug-likeness (QED) is 0.593. The molecule has 1 heterocycles. The summed E-state index contributed by atoms with van der Waals surface area (Å²) in [7, 11) is -1.07. The molecular weight excluding hydrogens is 440 g/mol. The maximum Gasteiger partial charge on any atom is 0.340 e. The molecule has 0 aliphatic carbocycles. The summed E-state index contributed by atoms with van der Waals surface area (Å²) in [5.41, 5.74) is 0.330. The summed E-state index contributed by atoms with van der Waals surface area (Å²) in [6, 6.07) is 8.81. The number of hydrogen-bond acceptors (Lipinski definition) is 8. The van der Waals surface area contributed by atoms with Gasteiger partial charge in [0.1, 0.15) is 23.1 Å². The molecule has 170 valence electrons. The predicted octanol–water partition coefficient (Wildman–Crippen LogP) is 1.81. The standard InChI is InChI=1S/C21H22N2O8S/c1-4-31-21(26)17-18(15-10-7-13(29-2)11-16(15)30-3)23(20(25)19(17)24)12-5-8-14(9-6-12)32(22,27)28/h5-11,18,24H,4H2,1-3H3,(H2,22,27,28)/t18-/m1/s1. The van der Waals surface area contributed by atoms with Crippen LogP contribution in [0.2, 0.25) is 0 Å². The van der Waals surface area contributed by atoms with Crippen molar-refractivity contribution in [1.82, 2.24) is 0 Å². The topological polar surface area (TPSA) is 145 Å². The number of hydrogen-bond donors (Lipinski definition) is 2. The minimum atomic E-state index is -3.95. The van der Waals surface area contributed by atoms with Gasteiger partial charge in [-0.05, 0) is 43.3 Å². The molecule has 0 saturated heterocycles. The summed E-state index contributed by atoms with van der Waals surface area (Å²) in [6.45, 7) is 1.62. The first kappa shape index (κ1) is 23.1. The predicted molar refractivity (Wildman–Crippen MR) is 114 cm³/mol. The van der Waals surface area contributed by atoms with Crippen LogP contribution in [0.5, 0.6) is 11.5 Å². The van der Waals surface area contributed by atoms with E-state index in [4.69, 9.17) is 19.3 Å². The number of primary sulfonamides is 1. The summed E-state index contributed by atoms with van der Waals surface area (Å²) < 4.78 is 38.9. The summed E-state index contributed by atoms with van der Waals surface area (Å²) in [5, 5.41) is 15.7. The van der Waals surface area contributed by atoms with Crippen LogP contribution in [0.25, 0.3) is 0 Å². The Kier molecular flexibility index (Phi) is 6.42. The van der Waals surface area contributed by atoms with Crippen molar-refractivity contribution in [2.45, 2.75) is 17.9 Å². The first-order chi connectivity index (χ1) is 15.1. The third-order valence-corrected chi connectivity index (χ3v) is 5.81. The van der Waals surface area contributed by atoms with Gasteiger partial charge in [0.2, 0.25) is 10.0 Å². The number of anilines is 1. The van der Waals surface area contributed by atoms with Crippen LogP contribution in [0.15, 0.2) is 58.7 Å². The van der Waals surface area contributed by atoms with E-state index in [1.807, 2.05) is 0 Å². The van der Waals surface area contributed by atoms with E-state index in [2.05, 4.69) is 0 Å². The van der Waals surface area contributed by atoms with Gasteiger partial charge in [-0.3, -0.25) is 9.69 Å². The Labute approximate surface area is 184 Å². The molecule has 1 aliphatic heterocycles. The number of rotatable bonds is 7. The number of carbonyl (C=O) groups excluding carboxylic acids is 2. The van der Waals surface area contributed by atoms with Crippen LogP contribution in [0.4, 0.5) is 5.69 Å². The van der Waals surface area contributed by atoms with Crippen molar-refractivity contribution in [3.63, 3.8) is 0 Å². The molecule has 3 N–H and O–H groups in total. The van der Waals surface area contributed by atoms with Crippen molar-refractivity contribution >= 4 is 27.6 Å². The van der Waals surface area contributed by atoms with Crippen LogP contribution in [-0.4, -0.2) is 46.2 Å². The number of benzene rings is 2. The van der Waals surface area contributed by atoms with Crippen LogP contribution < -0.4 is 19.5 Å². The van der Waals surface area contributed by atoms with E-state index in [9.17, 15) is 23.1 Å². The zero-order chi connectivity index (χ0) is 23.6. The fourth-order valence-electron chi connectivity index (χ4n) is 3.42. The molecule has 1 aliphatic rings. The van der Waals surface area contributed by atoms with Gasteiger partial charge in [-0.25, -0.2) is 18.4 Å². The molecule has 1 atom stereocenters. The van der Waals surface area contributed by atoms with Gasteiger partial charge >= 0.3 is 5.97 Å². The SMILES string of the molecule is CCOC(=O)C1=C(O)C(=O)N(c2ccc(S(N)(=O)=O)cc2)[C@@H]1c1ccc(OC)cc1OC. The number of sulfonamides is 1. The van der Waals surface area contributed by atoms with Gasteiger partial charge in [0.05, 0.1) is 25.7 Å². The molecule has 2 aromatic carbocycles. The highest BCUT2D eigenvalue weighted by molar-refractivity contribution is 7.89. The van der Waals surface area contributed by atoms with Gasteiger partial charge in [0.25, 0.3) is 5.91 Å². The van der Waals surface area contributed by atoms with Crippen molar-refractivity contribution < 1.29 is 37.3 Å². The lowest BCUT2D eigenvalue weighted by molar-refractivity contribution is -0.139. The van der Waals surface area contributed by atoms with Crippen molar-refractivity contribution in [3.05, 3.63) is 59.4 Å². The Morgan fingerprint density at radius 3 is 2.31 bits per heavy atom. The van der Waals surface area contributed by atoms with Gasteiger partial charge in [0.15, 0.2) is 5.76 Å². The van der Waals surface area contributed by atoms with Gasteiger partial charge in [-0.2, -0.15) is 0 Å². The first-order valence-corrected chi connectivity index (χ1v) is 11.0. The molecule has 0 radical (unpaired) electrons. The average Bonchev–Trinajstić information content (AvgIpc) is 3.03. The zero-order valence-corrected chi connectivity index (χ0v) is 18.4. The number of carbonyl (C=O) groups is 2. The van der Waals surface area contributed by atoms with Crippen LogP contribution in [0, 0.1) is 0 Å². The number of ether oxygens (including phenoxy) is 3. The Balaban J connectivity index is 2.21. The van der Waals surface area contributed by atoms with Crippen LogP contribution in [-0.2, 0) is 24.3 Å². The molecule has 0 bridgehead atoms. The number of aliphatic hydroxyl groups is 1. The van der Waals surface area contributed by atoms with E-state index < -0.39 is 33.7 Å². The number of esters is 1. The largest absolute Gasteiger partial charge is 0.503 e. The van der Waals surface area contributed by atoms with E-state index in [1.54, 1.807) is 25.1 Å². The number of aliphatic hydroxyl groups excluding tert-OH is 1. The lowest BCUT2D eigenvalue weighted by atomic mass is 9.97. The second-order valence-corrected chi connectivity index (χ2v) is 8.27.